The number of aliphatic imine (C=N–C) groups is 1. The highest BCUT2D eigenvalue weighted by molar-refractivity contribution is 5.88. The van der Waals surface area contributed by atoms with E-state index in [0.717, 1.165) is 0 Å². The number of nitro benzene ring substituents is 1. The average molecular weight is 286 g/mol. The molecule has 6 nitrogen and oxygen atoms in total. The van der Waals surface area contributed by atoms with Crippen molar-refractivity contribution in [2.24, 2.45) is 4.99 Å². The van der Waals surface area contributed by atoms with Crippen LogP contribution in [0.15, 0.2) is 47.5 Å². The van der Waals surface area contributed by atoms with Crippen LogP contribution < -0.4 is 9.47 Å². The first-order valence-corrected chi connectivity index (χ1v) is 6.15. The Bertz CT molecular complexity index is 669. The molecular formula is C15H14N2O4. The van der Waals surface area contributed by atoms with Gasteiger partial charge in [-0.1, -0.05) is 18.2 Å². The van der Waals surface area contributed by atoms with Crippen molar-refractivity contribution in [2.75, 3.05) is 14.2 Å². The van der Waals surface area contributed by atoms with Gasteiger partial charge in [0.25, 0.3) is 5.69 Å². The van der Waals surface area contributed by atoms with Crippen molar-refractivity contribution in [1.29, 1.82) is 0 Å². The lowest BCUT2D eigenvalue weighted by Crippen LogP contribution is -1.98. The molecule has 0 atom stereocenters. The summed E-state index contributed by atoms with van der Waals surface area (Å²) in [6.45, 7) is 0. The van der Waals surface area contributed by atoms with Crippen LogP contribution in [0.25, 0.3) is 0 Å². The van der Waals surface area contributed by atoms with Crippen molar-refractivity contribution in [2.45, 2.75) is 0 Å². The van der Waals surface area contributed by atoms with Gasteiger partial charge in [-0.15, -0.1) is 0 Å². The lowest BCUT2D eigenvalue weighted by atomic mass is 10.1. The fraction of sp³-hybridized carbons (Fsp3) is 0.133. The van der Waals surface area contributed by atoms with Crippen LogP contribution in [0.5, 0.6) is 11.5 Å². The monoisotopic (exact) mass is 286 g/mol. The molecule has 0 aliphatic rings. The van der Waals surface area contributed by atoms with Crippen molar-refractivity contribution >= 4 is 17.6 Å². The molecule has 2 rings (SSSR count). The van der Waals surface area contributed by atoms with E-state index >= 15 is 0 Å². The second-order valence-corrected chi connectivity index (χ2v) is 4.12. The van der Waals surface area contributed by atoms with Gasteiger partial charge in [0.1, 0.15) is 0 Å². The van der Waals surface area contributed by atoms with E-state index in [0.29, 0.717) is 22.7 Å². The lowest BCUT2D eigenvalue weighted by molar-refractivity contribution is -0.385. The minimum Gasteiger partial charge on any atom is -0.493 e. The smallest absolute Gasteiger partial charge is 0.282 e. The van der Waals surface area contributed by atoms with E-state index in [-0.39, 0.29) is 5.69 Å². The molecule has 0 radical (unpaired) electrons. The summed E-state index contributed by atoms with van der Waals surface area (Å²) in [7, 11) is 2.90. The zero-order valence-electron chi connectivity index (χ0n) is 11.6. The molecule has 21 heavy (non-hydrogen) atoms. The number of nitrogens with zero attached hydrogens (tertiary/aromatic N) is 2. The van der Waals surface area contributed by atoms with E-state index < -0.39 is 4.92 Å². The molecule has 0 aromatic heterocycles. The Hall–Kier alpha value is -2.89. The van der Waals surface area contributed by atoms with Crippen LogP contribution >= 0.6 is 0 Å². The second-order valence-electron chi connectivity index (χ2n) is 4.12. The molecule has 2 aromatic carbocycles. The van der Waals surface area contributed by atoms with Gasteiger partial charge >= 0.3 is 0 Å². The molecule has 0 fully saturated rings. The normalized spacial score (nSPS) is 10.6. The SMILES string of the molecule is COc1cc(C=Nc2ccccc2)c([N+](=O)[O-])cc1OC. The Morgan fingerprint density at radius 1 is 1.10 bits per heavy atom. The number of methoxy groups -OCH3 is 2. The molecule has 0 heterocycles. The summed E-state index contributed by atoms with van der Waals surface area (Å²) in [5.41, 5.74) is 0.968. The maximum absolute atomic E-state index is 11.1. The predicted octanol–water partition coefficient (Wildman–Crippen LogP) is 3.36. The zero-order valence-corrected chi connectivity index (χ0v) is 11.6. The highest BCUT2D eigenvalue weighted by Crippen LogP contribution is 2.33. The van der Waals surface area contributed by atoms with Crippen LogP contribution in [0.2, 0.25) is 0 Å². The molecule has 0 unspecified atom stereocenters. The van der Waals surface area contributed by atoms with E-state index in [9.17, 15) is 10.1 Å². The second kappa shape index (κ2) is 6.51. The van der Waals surface area contributed by atoms with Crippen molar-refractivity contribution in [3.8, 4) is 11.5 Å². The van der Waals surface area contributed by atoms with Crippen molar-refractivity contribution in [3.63, 3.8) is 0 Å². The van der Waals surface area contributed by atoms with E-state index in [1.165, 1.54) is 32.6 Å². The Kier molecular flexibility index (Phi) is 4.50. The summed E-state index contributed by atoms with van der Waals surface area (Å²) in [6.07, 6.45) is 1.44. The highest BCUT2D eigenvalue weighted by Gasteiger charge is 2.18. The molecule has 0 N–H and O–H groups in total. The third-order valence-electron chi connectivity index (χ3n) is 2.84. The fourth-order valence-electron chi connectivity index (χ4n) is 1.80. The summed E-state index contributed by atoms with van der Waals surface area (Å²) in [5.74, 6) is 0.721. The maximum Gasteiger partial charge on any atom is 0.282 e. The van der Waals surface area contributed by atoms with Gasteiger partial charge in [0, 0.05) is 6.21 Å². The van der Waals surface area contributed by atoms with Crippen LogP contribution in [0.3, 0.4) is 0 Å². The molecule has 0 amide bonds. The molecular weight excluding hydrogens is 272 g/mol. The van der Waals surface area contributed by atoms with Gasteiger partial charge < -0.3 is 9.47 Å². The van der Waals surface area contributed by atoms with Crippen molar-refractivity contribution in [1.82, 2.24) is 0 Å². The van der Waals surface area contributed by atoms with Crippen LogP contribution in [0.4, 0.5) is 11.4 Å². The third kappa shape index (κ3) is 3.36. The molecule has 0 saturated carbocycles. The van der Waals surface area contributed by atoms with Crippen molar-refractivity contribution in [3.05, 3.63) is 58.1 Å². The van der Waals surface area contributed by atoms with Crippen molar-refractivity contribution < 1.29 is 14.4 Å². The number of benzene rings is 2. The summed E-state index contributed by atoms with van der Waals surface area (Å²) in [6, 6.07) is 12.0. The first-order chi connectivity index (χ1) is 10.2. The molecule has 6 heteroatoms. The number of nitro groups is 1. The van der Waals surface area contributed by atoms with Crippen LogP contribution in [0.1, 0.15) is 5.56 Å². The Labute approximate surface area is 121 Å². The fourth-order valence-corrected chi connectivity index (χ4v) is 1.80. The van der Waals surface area contributed by atoms with E-state index in [1.807, 2.05) is 30.3 Å². The quantitative estimate of drug-likeness (QED) is 0.480. The van der Waals surface area contributed by atoms with Crippen LogP contribution in [-0.4, -0.2) is 25.4 Å². The predicted molar refractivity (Wildman–Crippen MR) is 79.9 cm³/mol. The van der Waals surface area contributed by atoms with Crippen LogP contribution in [0, 0.1) is 10.1 Å². The standard InChI is InChI=1S/C15H14N2O4/c1-20-14-8-11(10-16-12-6-4-3-5-7-12)13(17(18)19)9-15(14)21-2/h3-10H,1-2H3. The van der Waals surface area contributed by atoms with Gasteiger partial charge in [0.05, 0.1) is 36.5 Å². The lowest BCUT2D eigenvalue weighted by Gasteiger charge is -2.08. The molecule has 0 spiro atoms. The Morgan fingerprint density at radius 3 is 2.29 bits per heavy atom. The highest BCUT2D eigenvalue weighted by atomic mass is 16.6. The van der Waals surface area contributed by atoms with Gasteiger partial charge in [0.15, 0.2) is 11.5 Å². The summed E-state index contributed by atoms with van der Waals surface area (Å²) in [4.78, 5) is 14.9. The summed E-state index contributed by atoms with van der Waals surface area (Å²) < 4.78 is 10.2. The van der Waals surface area contributed by atoms with E-state index in [4.69, 9.17) is 9.47 Å². The number of rotatable bonds is 5. The molecule has 0 aliphatic carbocycles. The molecule has 2 aromatic rings. The Morgan fingerprint density at radius 2 is 1.71 bits per heavy atom. The van der Waals surface area contributed by atoms with Gasteiger partial charge in [-0.3, -0.25) is 15.1 Å². The number of hydrogen-bond donors (Lipinski definition) is 0. The topological polar surface area (TPSA) is 74.0 Å². The van der Waals surface area contributed by atoms with Gasteiger partial charge in [0.2, 0.25) is 0 Å². The third-order valence-corrected chi connectivity index (χ3v) is 2.84. The minimum atomic E-state index is -0.478. The first kappa shape index (κ1) is 14.5. The summed E-state index contributed by atoms with van der Waals surface area (Å²) >= 11 is 0. The molecule has 0 saturated heterocycles. The number of ether oxygens (including phenoxy) is 2. The molecule has 0 aliphatic heterocycles. The van der Waals surface area contributed by atoms with Gasteiger partial charge in [-0.05, 0) is 18.2 Å². The largest absolute Gasteiger partial charge is 0.493 e. The first-order valence-electron chi connectivity index (χ1n) is 6.15. The summed E-state index contributed by atoms with van der Waals surface area (Å²) in [5, 5.41) is 11.1. The van der Waals surface area contributed by atoms with E-state index in [1.54, 1.807) is 0 Å². The van der Waals surface area contributed by atoms with Crippen LogP contribution in [-0.2, 0) is 0 Å². The zero-order chi connectivity index (χ0) is 15.2. The maximum atomic E-state index is 11.1. The minimum absolute atomic E-state index is 0.0904. The molecule has 0 bridgehead atoms. The number of hydrogen-bond acceptors (Lipinski definition) is 5. The van der Waals surface area contributed by atoms with Gasteiger partial charge in [-0.25, -0.2) is 0 Å². The Balaban J connectivity index is 2.46. The molecule has 108 valence electrons. The van der Waals surface area contributed by atoms with E-state index in [2.05, 4.69) is 4.99 Å². The number of para-hydroxylation sites is 1. The average Bonchev–Trinajstić information content (AvgIpc) is 2.52. The van der Waals surface area contributed by atoms with Gasteiger partial charge in [-0.2, -0.15) is 0 Å².